The molecular weight excluding hydrogens is 238 g/mol. The van der Waals surface area contributed by atoms with E-state index in [1.54, 1.807) is 19.2 Å². The third kappa shape index (κ3) is 3.64. The molecule has 1 aliphatic rings. The summed E-state index contributed by atoms with van der Waals surface area (Å²) < 4.78 is 11.2. The smallest absolute Gasteiger partial charge is 0.124 e. The molecule has 2 rings (SSSR count). The van der Waals surface area contributed by atoms with E-state index < -0.39 is 0 Å². The fraction of sp³-hybridized carbons (Fsp3) is 0.562. The maximum Gasteiger partial charge on any atom is 0.124 e. The van der Waals surface area contributed by atoms with Gasteiger partial charge in [-0.3, -0.25) is 0 Å². The number of hydrogen-bond donors (Lipinski definition) is 0. The van der Waals surface area contributed by atoms with Crippen molar-refractivity contribution < 1.29 is 9.47 Å². The number of nitrogens with zero attached hydrogens (tertiary/aromatic N) is 1. The molecule has 0 heterocycles. The van der Waals surface area contributed by atoms with Crippen molar-refractivity contribution in [3.63, 3.8) is 0 Å². The molecular formula is C16H21NO2. The van der Waals surface area contributed by atoms with Gasteiger partial charge in [0.15, 0.2) is 0 Å². The number of rotatable bonds is 4. The lowest BCUT2D eigenvalue weighted by molar-refractivity contribution is 0.122. The van der Waals surface area contributed by atoms with Crippen LogP contribution in [0, 0.1) is 17.2 Å². The van der Waals surface area contributed by atoms with Crippen molar-refractivity contribution in [2.45, 2.75) is 45.1 Å². The molecule has 0 aliphatic heterocycles. The monoisotopic (exact) mass is 259 g/mol. The van der Waals surface area contributed by atoms with Crippen LogP contribution in [0.3, 0.4) is 0 Å². The molecule has 0 aromatic heterocycles. The van der Waals surface area contributed by atoms with E-state index in [4.69, 9.17) is 14.7 Å². The van der Waals surface area contributed by atoms with Gasteiger partial charge in [0.2, 0.25) is 0 Å². The molecule has 3 heteroatoms. The first kappa shape index (κ1) is 13.7. The molecule has 0 amide bonds. The summed E-state index contributed by atoms with van der Waals surface area (Å²) in [6, 6.07) is 7.51. The number of methoxy groups -OCH3 is 1. The highest BCUT2D eigenvalue weighted by Crippen LogP contribution is 2.31. The average Bonchev–Trinajstić information content (AvgIpc) is 2.47. The van der Waals surface area contributed by atoms with E-state index in [9.17, 15) is 0 Å². The molecule has 1 aromatic rings. The van der Waals surface area contributed by atoms with E-state index in [0.717, 1.165) is 24.5 Å². The number of nitriles is 1. The maximum atomic E-state index is 9.01. The molecule has 1 aliphatic carbocycles. The zero-order valence-corrected chi connectivity index (χ0v) is 11.7. The Kier molecular flexibility index (Phi) is 4.68. The molecule has 0 N–H and O–H groups in total. The Bertz CT molecular complexity index is 464. The van der Waals surface area contributed by atoms with Crippen LogP contribution in [0.4, 0.5) is 0 Å². The molecule has 19 heavy (non-hydrogen) atoms. The summed E-state index contributed by atoms with van der Waals surface area (Å²) in [5.74, 6) is 2.20. The van der Waals surface area contributed by atoms with Gasteiger partial charge in [0.1, 0.15) is 11.5 Å². The van der Waals surface area contributed by atoms with Gasteiger partial charge in [-0.05, 0) is 37.3 Å². The van der Waals surface area contributed by atoms with Crippen LogP contribution in [0.5, 0.6) is 11.5 Å². The van der Waals surface area contributed by atoms with Crippen molar-refractivity contribution in [3.8, 4) is 17.6 Å². The molecule has 0 spiro atoms. The summed E-state index contributed by atoms with van der Waals surface area (Å²) in [5, 5.41) is 9.01. The largest absolute Gasteiger partial charge is 0.497 e. The Morgan fingerprint density at radius 1 is 1.26 bits per heavy atom. The van der Waals surface area contributed by atoms with Crippen LogP contribution in [0.25, 0.3) is 0 Å². The fourth-order valence-corrected chi connectivity index (χ4v) is 2.73. The minimum atomic E-state index is 0.275. The van der Waals surface area contributed by atoms with Gasteiger partial charge in [-0.15, -0.1) is 0 Å². The van der Waals surface area contributed by atoms with Crippen molar-refractivity contribution in [1.29, 1.82) is 5.26 Å². The minimum Gasteiger partial charge on any atom is -0.497 e. The highest BCUT2D eigenvalue weighted by atomic mass is 16.5. The van der Waals surface area contributed by atoms with E-state index >= 15 is 0 Å². The van der Waals surface area contributed by atoms with Gasteiger partial charge >= 0.3 is 0 Å². The predicted molar refractivity (Wildman–Crippen MR) is 74.4 cm³/mol. The van der Waals surface area contributed by atoms with Gasteiger partial charge in [-0.1, -0.05) is 19.8 Å². The SMILES string of the molecule is CCC1CCCC(Oc2cc(C#N)cc(OC)c2)C1. The standard InChI is InChI=1S/C16H21NO2/c1-3-12-5-4-6-14(7-12)19-16-9-13(11-17)8-15(10-16)18-2/h8-10,12,14H,3-7H2,1-2H3. The summed E-state index contributed by atoms with van der Waals surface area (Å²) in [5.41, 5.74) is 0.581. The molecule has 1 saturated carbocycles. The van der Waals surface area contributed by atoms with Gasteiger partial charge in [0, 0.05) is 6.07 Å². The van der Waals surface area contributed by atoms with Crippen molar-refractivity contribution in [2.75, 3.05) is 7.11 Å². The van der Waals surface area contributed by atoms with E-state index in [-0.39, 0.29) is 6.10 Å². The normalized spacial score (nSPS) is 22.6. The molecule has 1 fully saturated rings. The first-order valence-electron chi connectivity index (χ1n) is 7.01. The quantitative estimate of drug-likeness (QED) is 0.823. The van der Waals surface area contributed by atoms with Crippen LogP contribution in [-0.2, 0) is 0 Å². The van der Waals surface area contributed by atoms with Crippen LogP contribution < -0.4 is 9.47 Å². The minimum absolute atomic E-state index is 0.275. The number of hydrogen-bond acceptors (Lipinski definition) is 3. The molecule has 2 atom stereocenters. The molecule has 2 unspecified atom stereocenters. The summed E-state index contributed by atoms with van der Waals surface area (Å²) in [6.07, 6.45) is 6.28. The van der Waals surface area contributed by atoms with Crippen LogP contribution >= 0.6 is 0 Å². The van der Waals surface area contributed by atoms with Gasteiger partial charge < -0.3 is 9.47 Å². The van der Waals surface area contributed by atoms with Gasteiger partial charge in [-0.2, -0.15) is 5.26 Å². The number of ether oxygens (including phenoxy) is 2. The maximum absolute atomic E-state index is 9.01. The number of benzene rings is 1. The average molecular weight is 259 g/mol. The van der Waals surface area contributed by atoms with Crippen molar-refractivity contribution in [2.24, 2.45) is 5.92 Å². The second kappa shape index (κ2) is 6.47. The molecule has 1 aromatic carbocycles. The van der Waals surface area contributed by atoms with E-state index in [1.165, 1.54) is 19.3 Å². The molecule has 0 bridgehead atoms. The van der Waals surface area contributed by atoms with Gasteiger partial charge in [0.25, 0.3) is 0 Å². The van der Waals surface area contributed by atoms with E-state index in [1.807, 2.05) is 6.07 Å². The third-order valence-corrected chi connectivity index (χ3v) is 3.86. The Balaban J connectivity index is 2.08. The van der Waals surface area contributed by atoms with Crippen molar-refractivity contribution in [1.82, 2.24) is 0 Å². The van der Waals surface area contributed by atoms with Crippen molar-refractivity contribution >= 4 is 0 Å². The van der Waals surface area contributed by atoms with Crippen LogP contribution in [0.1, 0.15) is 44.6 Å². The Morgan fingerprint density at radius 2 is 2.05 bits per heavy atom. The van der Waals surface area contributed by atoms with Crippen molar-refractivity contribution in [3.05, 3.63) is 23.8 Å². The Morgan fingerprint density at radius 3 is 2.74 bits per heavy atom. The Hall–Kier alpha value is -1.69. The van der Waals surface area contributed by atoms with Gasteiger partial charge in [-0.25, -0.2) is 0 Å². The zero-order chi connectivity index (χ0) is 13.7. The second-order valence-electron chi connectivity index (χ2n) is 5.19. The van der Waals surface area contributed by atoms with Crippen LogP contribution in [0.15, 0.2) is 18.2 Å². The predicted octanol–water partition coefficient (Wildman–Crippen LogP) is 3.91. The lowest BCUT2D eigenvalue weighted by Crippen LogP contribution is -2.25. The molecule has 3 nitrogen and oxygen atoms in total. The molecule has 0 radical (unpaired) electrons. The van der Waals surface area contributed by atoms with E-state index in [2.05, 4.69) is 13.0 Å². The first-order chi connectivity index (χ1) is 9.25. The molecule has 0 saturated heterocycles. The highest BCUT2D eigenvalue weighted by Gasteiger charge is 2.22. The highest BCUT2D eigenvalue weighted by molar-refractivity contribution is 5.43. The summed E-state index contributed by atoms with van der Waals surface area (Å²) in [6.45, 7) is 2.24. The lowest BCUT2D eigenvalue weighted by atomic mass is 9.85. The summed E-state index contributed by atoms with van der Waals surface area (Å²) in [7, 11) is 1.61. The van der Waals surface area contributed by atoms with Crippen LogP contribution in [-0.4, -0.2) is 13.2 Å². The topological polar surface area (TPSA) is 42.2 Å². The first-order valence-corrected chi connectivity index (χ1v) is 7.01. The zero-order valence-electron chi connectivity index (χ0n) is 11.7. The Labute approximate surface area is 115 Å². The second-order valence-corrected chi connectivity index (χ2v) is 5.19. The lowest BCUT2D eigenvalue weighted by Gasteiger charge is -2.29. The summed E-state index contributed by atoms with van der Waals surface area (Å²) in [4.78, 5) is 0. The third-order valence-electron chi connectivity index (χ3n) is 3.86. The van der Waals surface area contributed by atoms with E-state index in [0.29, 0.717) is 11.3 Å². The fourth-order valence-electron chi connectivity index (χ4n) is 2.73. The summed E-state index contributed by atoms with van der Waals surface area (Å²) >= 11 is 0. The van der Waals surface area contributed by atoms with Crippen LogP contribution in [0.2, 0.25) is 0 Å². The van der Waals surface area contributed by atoms with Gasteiger partial charge in [0.05, 0.1) is 24.8 Å². The molecule has 102 valence electrons.